The van der Waals surface area contributed by atoms with E-state index in [4.69, 9.17) is 0 Å². The van der Waals surface area contributed by atoms with Gasteiger partial charge >= 0.3 is 0 Å². The lowest BCUT2D eigenvalue weighted by Gasteiger charge is -2.26. The van der Waals surface area contributed by atoms with E-state index in [-0.39, 0.29) is 0 Å². The van der Waals surface area contributed by atoms with Gasteiger partial charge in [0, 0.05) is 5.92 Å². The molecule has 0 aromatic heterocycles. The fraction of sp³-hybridized carbons (Fsp3) is 0.419. The van der Waals surface area contributed by atoms with Crippen molar-refractivity contribution < 1.29 is 0 Å². The second-order valence-electron chi connectivity index (χ2n) is 9.98. The van der Waals surface area contributed by atoms with Gasteiger partial charge in [-0.05, 0) is 82.9 Å². The second-order valence-corrected chi connectivity index (χ2v) is 9.98. The van der Waals surface area contributed by atoms with Crippen LogP contribution in [-0.4, -0.2) is 0 Å². The van der Waals surface area contributed by atoms with Gasteiger partial charge in [-0.3, -0.25) is 0 Å². The van der Waals surface area contributed by atoms with Crippen molar-refractivity contribution in [2.24, 2.45) is 11.8 Å². The lowest BCUT2D eigenvalue weighted by Crippen LogP contribution is -2.10. The van der Waals surface area contributed by atoms with Crippen molar-refractivity contribution >= 4 is 11.1 Å². The van der Waals surface area contributed by atoms with Gasteiger partial charge in [0.1, 0.15) is 0 Å². The third kappa shape index (κ3) is 3.98. The van der Waals surface area contributed by atoms with Gasteiger partial charge < -0.3 is 0 Å². The van der Waals surface area contributed by atoms with Crippen LogP contribution in [0.25, 0.3) is 11.1 Å². The average molecular weight is 409 g/mol. The Bertz CT molecular complexity index is 1040. The summed E-state index contributed by atoms with van der Waals surface area (Å²) in [7, 11) is 0. The summed E-state index contributed by atoms with van der Waals surface area (Å²) in [6.45, 7) is 6.94. The lowest BCUT2D eigenvalue weighted by atomic mass is 9.79. The molecule has 160 valence electrons. The molecule has 0 heteroatoms. The Morgan fingerprint density at radius 2 is 1.48 bits per heavy atom. The molecule has 3 aliphatic carbocycles. The van der Waals surface area contributed by atoms with Gasteiger partial charge in [-0.25, -0.2) is 0 Å². The Morgan fingerprint density at radius 3 is 2.19 bits per heavy atom. The summed E-state index contributed by atoms with van der Waals surface area (Å²) in [5, 5.41) is 0. The average Bonchev–Trinajstić information content (AvgIpc) is 3.40. The van der Waals surface area contributed by atoms with Gasteiger partial charge in [-0.1, -0.05) is 99.9 Å². The van der Waals surface area contributed by atoms with Crippen molar-refractivity contribution in [1.82, 2.24) is 0 Å². The highest BCUT2D eigenvalue weighted by molar-refractivity contribution is 5.85. The van der Waals surface area contributed by atoms with Crippen molar-refractivity contribution in [2.45, 2.75) is 71.6 Å². The monoisotopic (exact) mass is 408 g/mol. The smallest absolute Gasteiger partial charge is 0.0246 e. The third-order valence-corrected chi connectivity index (χ3v) is 8.04. The van der Waals surface area contributed by atoms with E-state index in [2.05, 4.69) is 81.5 Å². The quantitative estimate of drug-likeness (QED) is 0.465. The molecule has 1 atom stereocenters. The van der Waals surface area contributed by atoms with E-state index in [9.17, 15) is 0 Å². The van der Waals surface area contributed by atoms with Gasteiger partial charge in [0.2, 0.25) is 0 Å². The topological polar surface area (TPSA) is 0 Å². The van der Waals surface area contributed by atoms with E-state index >= 15 is 0 Å². The molecule has 0 spiro atoms. The summed E-state index contributed by atoms with van der Waals surface area (Å²) in [5.41, 5.74) is 11.9. The minimum Gasteiger partial charge on any atom is -0.0688 e. The molecule has 0 nitrogen and oxygen atoms in total. The molecule has 1 unspecified atom stereocenters. The molecule has 0 bridgehead atoms. The van der Waals surface area contributed by atoms with E-state index in [1.54, 1.807) is 11.1 Å². The molecule has 0 N–H and O–H groups in total. The van der Waals surface area contributed by atoms with Crippen LogP contribution in [0.2, 0.25) is 0 Å². The summed E-state index contributed by atoms with van der Waals surface area (Å²) in [4.78, 5) is 0. The molecular weight excluding hydrogens is 372 g/mol. The van der Waals surface area contributed by atoms with Crippen LogP contribution in [0.5, 0.6) is 0 Å². The van der Waals surface area contributed by atoms with Crippen LogP contribution in [-0.2, 0) is 12.8 Å². The molecule has 2 aromatic rings. The van der Waals surface area contributed by atoms with Gasteiger partial charge in [-0.2, -0.15) is 0 Å². The lowest BCUT2D eigenvalue weighted by molar-refractivity contribution is 0.348. The molecule has 0 aliphatic heterocycles. The van der Waals surface area contributed by atoms with Crippen LogP contribution in [0.1, 0.15) is 86.6 Å². The van der Waals surface area contributed by atoms with Crippen molar-refractivity contribution in [3.05, 3.63) is 94.1 Å². The number of benzene rings is 2. The molecule has 31 heavy (non-hydrogen) atoms. The molecule has 0 heterocycles. The minimum atomic E-state index is 0.465. The molecule has 5 rings (SSSR count). The van der Waals surface area contributed by atoms with E-state index in [0.29, 0.717) is 5.92 Å². The van der Waals surface area contributed by atoms with Gasteiger partial charge in [0.25, 0.3) is 0 Å². The molecule has 1 saturated carbocycles. The predicted molar refractivity (Wildman–Crippen MR) is 134 cm³/mol. The van der Waals surface area contributed by atoms with Gasteiger partial charge in [-0.15, -0.1) is 0 Å². The number of hydrogen-bond donors (Lipinski definition) is 0. The maximum atomic E-state index is 2.53. The molecule has 0 saturated heterocycles. The van der Waals surface area contributed by atoms with Gasteiger partial charge in [0.05, 0.1) is 0 Å². The largest absolute Gasteiger partial charge is 0.0688 e. The molecule has 0 amide bonds. The van der Waals surface area contributed by atoms with Crippen LogP contribution >= 0.6 is 0 Å². The second kappa shape index (κ2) is 8.65. The third-order valence-electron chi connectivity index (χ3n) is 8.04. The van der Waals surface area contributed by atoms with Crippen LogP contribution in [0.15, 0.2) is 66.3 Å². The van der Waals surface area contributed by atoms with E-state index in [1.807, 2.05) is 0 Å². The fourth-order valence-corrected chi connectivity index (χ4v) is 5.96. The zero-order chi connectivity index (χ0) is 21.4. The number of rotatable bonds is 5. The maximum Gasteiger partial charge on any atom is 0.0246 e. The van der Waals surface area contributed by atoms with Gasteiger partial charge in [0.15, 0.2) is 0 Å². The van der Waals surface area contributed by atoms with E-state index < -0.39 is 0 Å². The summed E-state index contributed by atoms with van der Waals surface area (Å²) in [6.07, 6.45) is 16.1. The Morgan fingerprint density at radius 1 is 0.774 bits per heavy atom. The highest BCUT2D eigenvalue weighted by Gasteiger charge is 2.29. The normalized spacial score (nSPS) is 25.1. The number of fused-ring (bicyclic) bond motifs is 1. The maximum absolute atomic E-state index is 2.53. The Hall–Kier alpha value is -2.34. The summed E-state index contributed by atoms with van der Waals surface area (Å²) < 4.78 is 0. The number of hydrogen-bond acceptors (Lipinski definition) is 0. The summed E-state index contributed by atoms with van der Waals surface area (Å²) in [6, 6.07) is 16.7. The summed E-state index contributed by atoms with van der Waals surface area (Å²) >= 11 is 0. The van der Waals surface area contributed by atoms with Crippen molar-refractivity contribution in [3.8, 4) is 0 Å². The molecule has 0 radical (unpaired) electrons. The van der Waals surface area contributed by atoms with Crippen LogP contribution < -0.4 is 0 Å². The first-order valence-corrected chi connectivity index (χ1v) is 12.5. The van der Waals surface area contributed by atoms with Crippen molar-refractivity contribution in [1.29, 1.82) is 0 Å². The summed E-state index contributed by atoms with van der Waals surface area (Å²) in [5.74, 6) is 2.15. The first kappa shape index (κ1) is 20.6. The zero-order valence-corrected chi connectivity index (χ0v) is 19.5. The first-order valence-electron chi connectivity index (χ1n) is 12.5. The van der Waals surface area contributed by atoms with Crippen LogP contribution in [0.3, 0.4) is 0 Å². The Labute approximate surface area is 188 Å². The van der Waals surface area contributed by atoms with Crippen LogP contribution in [0, 0.1) is 11.8 Å². The molecule has 2 aromatic carbocycles. The first-order chi connectivity index (χ1) is 15.2. The SMILES string of the molecule is CCc1ccc(C2=CC3C(=CC=C3c3ccc(C4CCC(C)CC4)cc3)C2)cc1CC. The Balaban J connectivity index is 1.34. The molecule has 3 aliphatic rings. The van der Waals surface area contributed by atoms with Crippen molar-refractivity contribution in [3.63, 3.8) is 0 Å². The Kier molecular flexibility index (Phi) is 5.74. The number of allylic oxidation sites excluding steroid dienone is 6. The fourth-order valence-electron chi connectivity index (χ4n) is 5.96. The number of aryl methyl sites for hydroxylation is 2. The van der Waals surface area contributed by atoms with E-state index in [1.165, 1.54) is 59.1 Å². The zero-order valence-electron chi connectivity index (χ0n) is 19.5. The highest BCUT2D eigenvalue weighted by Crippen LogP contribution is 2.46. The standard InChI is InChI=1S/C31H36/c1-4-22-10-15-27(18-23(22)5-2)29-19-28-16-17-30(31(28)20-29)26-13-11-25(12-14-26)24-8-6-21(3)7-9-24/h10-18,20-21,24,31H,4-9,19H2,1-3H3. The minimum absolute atomic E-state index is 0.465. The van der Waals surface area contributed by atoms with Crippen LogP contribution in [0.4, 0.5) is 0 Å². The predicted octanol–water partition coefficient (Wildman–Crippen LogP) is 8.53. The van der Waals surface area contributed by atoms with Crippen molar-refractivity contribution in [2.75, 3.05) is 0 Å². The van der Waals surface area contributed by atoms with E-state index in [0.717, 1.165) is 31.1 Å². The molecule has 1 fully saturated rings. The molecular formula is C31H36. The highest BCUT2D eigenvalue weighted by atomic mass is 14.3.